The lowest BCUT2D eigenvalue weighted by Crippen LogP contribution is -2.44. The Morgan fingerprint density at radius 1 is 1.33 bits per heavy atom. The van der Waals surface area contributed by atoms with E-state index < -0.39 is 0 Å². The van der Waals surface area contributed by atoms with Gasteiger partial charge < -0.3 is 10.6 Å². The van der Waals surface area contributed by atoms with Gasteiger partial charge in [0.25, 0.3) is 0 Å². The van der Waals surface area contributed by atoms with Crippen LogP contribution in [0.1, 0.15) is 29.4 Å². The van der Waals surface area contributed by atoms with E-state index >= 15 is 0 Å². The van der Waals surface area contributed by atoms with Crippen LogP contribution < -0.4 is 10.6 Å². The maximum absolute atomic E-state index is 4.48. The molecule has 0 saturated heterocycles. The molecule has 0 spiro atoms. The molecule has 7 nitrogen and oxygen atoms in total. The second-order valence-electron chi connectivity index (χ2n) is 6.30. The van der Waals surface area contributed by atoms with Gasteiger partial charge in [-0.15, -0.1) is 0 Å². The number of aliphatic imine (C=N–C) groups is 1. The Morgan fingerprint density at radius 3 is 2.62 bits per heavy atom. The summed E-state index contributed by atoms with van der Waals surface area (Å²) < 4.78 is 3.87. The van der Waals surface area contributed by atoms with E-state index in [1.54, 1.807) is 7.05 Å². The van der Waals surface area contributed by atoms with E-state index in [0.717, 1.165) is 31.2 Å². The number of guanidine groups is 1. The zero-order valence-electron chi connectivity index (χ0n) is 15.6. The van der Waals surface area contributed by atoms with Gasteiger partial charge in [0.15, 0.2) is 5.96 Å². The van der Waals surface area contributed by atoms with E-state index in [1.165, 1.54) is 16.8 Å². The van der Waals surface area contributed by atoms with Gasteiger partial charge in [0.1, 0.15) is 0 Å². The quantitative estimate of drug-likeness (QED) is 0.619. The lowest BCUT2D eigenvalue weighted by molar-refractivity contribution is 0.585. The molecule has 2 aromatic rings. The highest BCUT2D eigenvalue weighted by molar-refractivity contribution is 5.79. The fraction of sp³-hybridized carbons (Fsp3) is 0.588. The molecule has 0 aliphatic rings. The summed E-state index contributed by atoms with van der Waals surface area (Å²) in [6.07, 6.45) is 4.83. The third-order valence-corrected chi connectivity index (χ3v) is 4.17. The highest BCUT2D eigenvalue weighted by Crippen LogP contribution is 2.14. The van der Waals surface area contributed by atoms with Crippen molar-refractivity contribution >= 4 is 5.96 Å². The smallest absolute Gasteiger partial charge is 0.191 e. The lowest BCUT2D eigenvalue weighted by Gasteiger charge is -2.18. The molecule has 0 aromatic carbocycles. The Labute approximate surface area is 144 Å². The van der Waals surface area contributed by atoms with Crippen LogP contribution in [0.5, 0.6) is 0 Å². The van der Waals surface area contributed by atoms with Gasteiger partial charge in [0.2, 0.25) is 0 Å². The first-order chi connectivity index (χ1) is 11.4. The molecule has 2 heterocycles. The first kappa shape index (κ1) is 18.0. The number of nitrogens with zero attached hydrogens (tertiary/aromatic N) is 5. The van der Waals surface area contributed by atoms with Gasteiger partial charge in [0.05, 0.1) is 18.4 Å². The van der Waals surface area contributed by atoms with Crippen molar-refractivity contribution in [1.29, 1.82) is 0 Å². The molecule has 2 aromatic heterocycles. The SMILES string of the molecule is CN=C(NCCn1cc(C)cn1)NC(C)Cc1c(C)nn(C)c1C. The summed E-state index contributed by atoms with van der Waals surface area (Å²) in [6.45, 7) is 9.97. The second-order valence-corrected chi connectivity index (χ2v) is 6.30. The van der Waals surface area contributed by atoms with E-state index in [0.29, 0.717) is 0 Å². The van der Waals surface area contributed by atoms with Crippen LogP contribution in [0.3, 0.4) is 0 Å². The van der Waals surface area contributed by atoms with Gasteiger partial charge in [-0.3, -0.25) is 14.4 Å². The van der Waals surface area contributed by atoms with Crippen LogP contribution in [-0.4, -0.2) is 45.2 Å². The Bertz CT molecular complexity index is 696. The molecule has 1 unspecified atom stereocenters. The molecular weight excluding hydrogens is 302 g/mol. The average Bonchev–Trinajstić information content (AvgIpc) is 3.05. The molecule has 0 amide bonds. The molecule has 2 N–H and O–H groups in total. The Kier molecular flexibility index (Phi) is 6.00. The summed E-state index contributed by atoms with van der Waals surface area (Å²) >= 11 is 0. The number of nitrogens with one attached hydrogen (secondary N) is 2. The van der Waals surface area contributed by atoms with Crippen molar-refractivity contribution in [3.05, 3.63) is 34.9 Å². The highest BCUT2D eigenvalue weighted by atomic mass is 15.3. The maximum atomic E-state index is 4.48. The van der Waals surface area contributed by atoms with Crippen molar-refractivity contribution < 1.29 is 0 Å². The largest absolute Gasteiger partial charge is 0.355 e. The highest BCUT2D eigenvalue weighted by Gasteiger charge is 2.13. The van der Waals surface area contributed by atoms with Gasteiger partial charge in [0, 0.05) is 38.6 Å². The molecule has 0 aliphatic carbocycles. The zero-order chi connectivity index (χ0) is 17.7. The molecule has 0 fully saturated rings. The normalized spacial score (nSPS) is 13.2. The predicted molar refractivity (Wildman–Crippen MR) is 97.3 cm³/mol. The van der Waals surface area contributed by atoms with Gasteiger partial charge in [-0.2, -0.15) is 10.2 Å². The van der Waals surface area contributed by atoms with Crippen LogP contribution in [-0.2, 0) is 20.0 Å². The summed E-state index contributed by atoms with van der Waals surface area (Å²) in [5.74, 6) is 0.811. The fourth-order valence-electron chi connectivity index (χ4n) is 2.78. The third-order valence-electron chi connectivity index (χ3n) is 4.17. The number of aromatic nitrogens is 4. The fourth-order valence-corrected chi connectivity index (χ4v) is 2.78. The molecular formula is C17H29N7. The molecule has 7 heteroatoms. The van der Waals surface area contributed by atoms with Crippen LogP contribution in [0, 0.1) is 20.8 Å². The summed E-state index contributed by atoms with van der Waals surface area (Å²) in [5, 5.41) is 15.5. The van der Waals surface area contributed by atoms with Crippen molar-refractivity contribution in [2.24, 2.45) is 12.0 Å². The van der Waals surface area contributed by atoms with E-state index in [1.807, 2.05) is 35.7 Å². The Morgan fingerprint density at radius 2 is 2.08 bits per heavy atom. The van der Waals surface area contributed by atoms with Crippen LogP contribution in [0.15, 0.2) is 17.4 Å². The summed E-state index contributed by atoms with van der Waals surface area (Å²) in [6, 6.07) is 0.268. The summed E-state index contributed by atoms with van der Waals surface area (Å²) in [5.41, 5.74) is 4.80. The molecule has 0 aliphatic heterocycles. The molecule has 24 heavy (non-hydrogen) atoms. The molecule has 2 rings (SSSR count). The van der Waals surface area contributed by atoms with E-state index in [9.17, 15) is 0 Å². The van der Waals surface area contributed by atoms with Crippen LogP contribution >= 0.6 is 0 Å². The zero-order valence-corrected chi connectivity index (χ0v) is 15.6. The van der Waals surface area contributed by atoms with Gasteiger partial charge in [-0.1, -0.05) is 0 Å². The maximum Gasteiger partial charge on any atom is 0.191 e. The standard InChI is InChI=1S/C17H29N7/c1-12-10-20-24(11-12)8-7-19-17(18-5)21-13(2)9-16-14(3)22-23(6)15(16)4/h10-11,13H,7-9H2,1-6H3,(H2,18,19,21). The molecule has 0 bridgehead atoms. The minimum absolute atomic E-state index is 0.268. The monoisotopic (exact) mass is 331 g/mol. The van der Waals surface area contributed by atoms with Crippen molar-refractivity contribution in [3.63, 3.8) is 0 Å². The first-order valence-electron chi connectivity index (χ1n) is 8.36. The van der Waals surface area contributed by atoms with Crippen LogP contribution in [0.25, 0.3) is 0 Å². The van der Waals surface area contributed by atoms with Crippen molar-refractivity contribution in [2.45, 2.75) is 46.7 Å². The van der Waals surface area contributed by atoms with Crippen LogP contribution in [0.2, 0.25) is 0 Å². The molecule has 0 saturated carbocycles. The van der Waals surface area contributed by atoms with Gasteiger partial charge in [-0.25, -0.2) is 0 Å². The molecule has 1 atom stereocenters. The minimum atomic E-state index is 0.268. The van der Waals surface area contributed by atoms with Gasteiger partial charge >= 0.3 is 0 Å². The Hall–Kier alpha value is -2.31. The van der Waals surface area contributed by atoms with Crippen molar-refractivity contribution in [2.75, 3.05) is 13.6 Å². The third kappa shape index (κ3) is 4.59. The Balaban J connectivity index is 1.83. The first-order valence-corrected chi connectivity index (χ1v) is 8.36. The van der Waals surface area contributed by atoms with Crippen LogP contribution in [0.4, 0.5) is 0 Å². The number of aryl methyl sites for hydroxylation is 3. The summed E-state index contributed by atoms with van der Waals surface area (Å²) in [7, 11) is 3.78. The van der Waals surface area contributed by atoms with Crippen molar-refractivity contribution in [3.8, 4) is 0 Å². The predicted octanol–water partition coefficient (Wildman–Crippen LogP) is 1.34. The molecule has 132 valence electrons. The number of hydrogen-bond acceptors (Lipinski definition) is 3. The van der Waals surface area contributed by atoms with E-state index in [4.69, 9.17) is 0 Å². The average molecular weight is 331 g/mol. The number of hydrogen-bond donors (Lipinski definition) is 2. The lowest BCUT2D eigenvalue weighted by atomic mass is 10.1. The van der Waals surface area contributed by atoms with Crippen molar-refractivity contribution in [1.82, 2.24) is 30.2 Å². The second kappa shape index (κ2) is 7.99. The van der Waals surface area contributed by atoms with E-state index in [2.05, 4.69) is 46.6 Å². The molecule has 0 radical (unpaired) electrons. The minimum Gasteiger partial charge on any atom is -0.355 e. The summed E-state index contributed by atoms with van der Waals surface area (Å²) in [4.78, 5) is 4.30. The topological polar surface area (TPSA) is 72.1 Å². The number of rotatable bonds is 6. The van der Waals surface area contributed by atoms with E-state index in [-0.39, 0.29) is 6.04 Å². The van der Waals surface area contributed by atoms with Gasteiger partial charge in [-0.05, 0) is 45.2 Å².